The zero-order valence-corrected chi connectivity index (χ0v) is 18.4. The number of piperazine rings is 1. The van der Waals surface area contributed by atoms with Crippen molar-refractivity contribution in [2.24, 2.45) is 5.92 Å². The molecule has 31 heavy (non-hydrogen) atoms. The van der Waals surface area contributed by atoms with E-state index in [-0.39, 0.29) is 17.9 Å². The van der Waals surface area contributed by atoms with E-state index in [9.17, 15) is 4.79 Å². The molecule has 164 valence electrons. The molecule has 0 radical (unpaired) electrons. The Hall–Kier alpha value is -2.69. The van der Waals surface area contributed by atoms with E-state index < -0.39 is 0 Å². The highest BCUT2D eigenvalue weighted by atomic mass is 16.5. The number of anilines is 2. The summed E-state index contributed by atoms with van der Waals surface area (Å²) in [6.45, 7) is 2.71. The van der Waals surface area contributed by atoms with E-state index in [0.717, 1.165) is 44.6 Å². The molecule has 1 aliphatic carbocycles. The average Bonchev–Trinajstić information content (AvgIpc) is 2.83. The number of fused-ring (bicyclic) bond motifs is 3. The number of amides is 1. The molecule has 2 heterocycles. The van der Waals surface area contributed by atoms with Gasteiger partial charge in [-0.25, -0.2) is 0 Å². The summed E-state index contributed by atoms with van der Waals surface area (Å²) in [6.07, 6.45) is 6.84. The number of hydrogen-bond donors (Lipinski definition) is 1. The number of nitrogens with zero attached hydrogens (tertiary/aromatic N) is 2. The van der Waals surface area contributed by atoms with Crippen molar-refractivity contribution in [2.75, 3.05) is 36.5 Å². The van der Waals surface area contributed by atoms with Crippen LogP contribution in [0.1, 0.15) is 37.7 Å². The molecular formula is C26H33N3O2. The number of carbonyl (C=O) groups is 1. The second kappa shape index (κ2) is 8.81. The number of benzene rings is 2. The van der Waals surface area contributed by atoms with Gasteiger partial charge in [0.25, 0.3) is 0 Å². The van der Waals surface area contributed by atoms with Crippen LogP contribution in [-0.2, 0) is 11.2 Å². The van der Waals surface area contributed by atoms with Gasteiger partial charge in [0, 0.05) is 43.1 Å². The van der Waals surface area contributed by atoms with Crippen molar-refractivity contribution in [3.8, 4) is 5.75 Å². The van der Waals surface area contributed by atoms with E-state index >= 15 is 0 Å². The highest BCUT2D eigenvalue weighted by Gasteiger charge is 2.42. The summed E-state index contributed by atoms with van der Waals surface area (Å²) in [4.78, 5) is 18.4. The zero-order valence-electron chi connectivity index (χ0n) is 18.4. The maximum absolute atomic E-state index is 13.5. The van der Waals surface area contributed by atoms with E-state index in [1.165, 1.54) is 36.2 Å². The number of methoxy groups -OCH3 is 1. The third-order valence-corrected chi connectivity index (χ3v) is 7.33. The lowest BCUT2D eigenvalue weighted by Crippen LogP contribution is -2.61. The molecular weight excluding hydrogens is 386 g/mol. The SMILES string of the molecule is COc1cccc(N2CCN3c4ccccc4C[C@H](C(=O)NC4CCCCC4)[C@@H]3C2)c1. The van der Waals surface area contributed by atoms with Crippen molar-refractivity contribution in [3.63, 3.8) is 0 Å². The molecule has 0 aromatic heterocycles. The Morgan fingerprint density at radius 2 is 1.87 bits per heavy atom. The van der Waals surface area contributed by atoms with E-state index in [4.69, 9.17) is 4.74 Å². The van der Waals surface area contributed by atoms with Gasteiger partial charge in [-0.2, -0.15) is 0 Å². The highest BCUT2D eigenvalue weighted by molar-refractivity contribution is 5.82. The van der Waals surface area contributed by atoms with E-state index in [2.05, 4.69) is 51.5 Å². The average molecular weight is 420 g/mol. The molecule has 5 heteroatoms. The molecule has 2 aromatic carbocycles. The molecule has 1 saturated carbocycles. The van der Waals surface area contributed by atoms with Gasteiger partial charge in [0.1, 0.15) is 5.75 Å². The maximum atomic E-state index is 13.5. The van der Waals surface area contributed by atoms with Crippen LogP contribution in [0.15, 0.2) is 48.5 Å². The van der Waals surface area contributed by atoms with Crippen molar-refractivity contribution in [1.29, 1.82) is 0 Å². The fourth-order valence-electron chi connectivity index (χ4n) is 5.65. The Balaban J connectivity index is 1.40. The number of para-hydroxylation sites is 1. The number of nitrogens with one attached hydrogen (secondary N) is 1. The van der Waals surface area contributed by atoms with Crippen LogP contribution >= 0.6 is 0 Å². The monoisotopic (exact) mass is 419 g/mol. The third-order valence-electron chi connectivity index (χ3n) is 7.33. The van der Waals surface area contributed by atoms with Crippen LogP contribution in [0.4, 0.5) is 11.4 Å². The Morgan fingerprint density at radius 3 is 2.71 bits per heavy atom. The number of ether oxygens (including phenoxy) is 1. The number of carbonyl (C=O) groups excluding carboxylic acids is 1. The zero-order chi connectivity index (χ0) is 21.2. The van der Waals surface area contributed by atoms with Gasteiger partial charge in [-0.05, 0) is 43.0 Å². The van der Waals surface area contributed by atoms with Crippen molar-refractivity contribution in [3.05, 3.63) is 54.1 Å². The smallest absolute Gasteiger partial charge is 0.225 e. The topological polar surface area (TPSA) is 44.8 Å². The molecule has 2 fully saturated rings. The largest absolute Gasteiger partial charge is 0.497 e. The van der Waals surface area contributed by atoms with Gasteiger partial charge < -0.3 is 19.9 Å². The summed E-state index contributed by atoms with van der Waals surface area (Å²) < 4.78 is 5.44. The minimum Gasteiger partial charge on any atom is -0.497 e. The first-order valence-electron chi connectivity index (χ1n) is 11.8. The standard InChI is InChI=1S/C26H33N3O2/c1-31-22-12-7-11-21(17-22)28-14-15-29-24-13-6-5-8-19(24)16-23(25(29)18-28)26(30)27-20-9-3-2-4-10-20/h5-8,11-13,17,20,23,25H,2-4,9-10,14-16,18H2,1H3,(H,27,30)/t23-,25-/m0/s1. The van der Waals surface area contributed by atoms with Gasteiger partial charge >= 0.3 is 0 Å². The number of rotatable bonds is 4. The van der Waals surface area contributed by atoms with Crippen molar-refractivity contribution < 1.29 is 9.53 Å². The Labute approximate surface area is 185 Å². The minimum absolute atomic E-state index is 0.0229. The molecule has 1 amide bonds. The van der Waals surface area contributed by atoms with E-state index in [0.29, 0.717) is 6.04 Å². The summed E-state index contributed by atoms with van der Waals surface area (Å²) in [7, 11) is 1.71. The molecule has 2 aromatic rings. The van der Waals surface area contributed by atoms with Crippen LogP contribution < -0.4 is 19.9 Å². The van der Waals surface area contributed by atoms with Crippen molar-refractivity contribution >= 4 is 17.3 Å². The molecule has 0 unspecified atom stereocenters. The number of hydrogen-bond acceptors (Lipinski definition) is 4. The Morgan fingerprint density at radius 1 is 1.03 bits per heavy atom. The van der Waals surface area contributed by atoms with Crippen molar-refractivity contribution in [1.82, 2.24) is 5.32 Å². The van der Waals surface area contributed by atoms with Gasteiger partial charge in [-0.3, -0.25) is 4.79 Å². The summed E-state index contributed by atoms with van der Waals surface area (Å²) in [5.74, 6) is 1.09. The van der Waals surface area contributed by atoms with Gasteiger partial charge in [-0.1, -0.05) is 43.5 Å². The Kier molecular flexibility index (Phi) is 5.75. The third kappa shape index (κ3) is 4.10. The minimum atomic E-state index is -0.0229. The molecule has 3 aliphatic rings. The van der Waals surface area contributed by atoms with Crippen molar-refractivity contribution in [2.45, 2.75) is 50.6 Å². The second-order valence-corrected chi connectivity index (χ2v) is 9.19. The van der Waals surface area contributed by atoms with Gasteiger partial charge in [-0.15, -0.1) is 0 Å². The maximum Gasteiger partial charge on any atom is 0.225 e. The van der Waals surface area contributed by atoms with E-state index in [1.54, 1.807) is 7.11 Å². The lowest BCUT2D eigenvalue weighted by Gasteiger charge is -2.50. The van der Waals surface area contributed by atoms with Crippen LogP contribution in [0.3, 0.4) is 0 Å². The molecule has 0 spiro atoms. The summed E-state index contributed by atoms with van der Waals surface area (Å²) in [5, 5.41) is 3.42. The molecule has 0 bridgehead atoms. The summed E-state index contributed by atoms with van der Waals surface area (Å²) in [5.41, 5.74) is 3.78. The van der Waals surface area contributed by atoms with Gasteiger partial charge in [0.15, 0.2) is 0 Å². The van der Waals surface area contributed by atoms with E-state index in [1.807, 2.05) is 12.1 Å². The molecule has 2 aliphatic heterocycles. The van der Waals surface area contributed by atoms with Gasteiger partial charge in [0.2, 0.25) is 5.91 Å². The second-order valence-electron chi connectivity index (χ2n) is 9.19. The van der Waals surface area contributed by atoms with Gasteiger partial charge in [0.05, 0.1) is 19.1 Å². The molecule has 2 atom stereocenters. The summed E-state index contributed by atoms with van der Waals surface area (Å²) in [6, 6.07) is 17.4. The highest BCUT2D eigenvalue weighted by Crippen LogP contribution is 2.37. The predicted octanol–water partition coefficient (Wildman–Crippen LogP) is 4.01. The van der Waals surface area contributed by atoms with Crippen LogP contribution in [-0.4, -0.2) is 44.7 Å². The van der Waals surface area contributed by atoms with Crippen LogP contribution in [0.5, 0.6) is 5.75 Å². The summed E-state index contributed by atoms with van der Waals surface area (Å²) >= 11 is 0. The molecule has 1 N–H and O–H groups in total. The lowest BCUT2D eigenvalue weighted by atomic mass is 9.82. The van der Waals surface area contributed by atoms with Crippen LogP contribution in [0, 0.1) is 5.92 Å². The fourth-order valence-corrected chi connectivity index (χ4v) is 5.65. The molecule has 1 saturated heterocycles. The molecule has 5 nitrogen and oxygen atoms in total. The first-order valence-corrected chi connectivity index (χ1v) is 11.8. The predicted molar refractivity (Wildman–Crippen MR) is 125 cm³/mol. The van der Waals surface area contributed by atoms with Crippen LogP contribution in [0.2, 0.25) is 0 Å². The Bertz CT molecular complexity index is 924. The quantitative estimate of drug-likeness (QED) is 0.813. The normalized spacial score (nSPS) is 23.6. The van der Waals surface area contributed by atoms with Crippen LogP contribution in [0.25, 0.3) is 0 Å². The lowest BCUT2D eigenvalue weighted by molar-refractivity contribution is -0.126. The first-order chi connectivity index (χ1) is 15.2. The first kappa shape index (κ1) is 20.2. The molecule has 5 rings (SSSR count). The fraction of sp³-hybridized carbons (Fsp3) is 0.500.